The number of hydrogen-bond donors (Lipinski definition) is 1. The van der Waals surface area contributed by atoms with Crippen LogP contribution in [0.2, 0.25) is 0 Å². The van der Waals surface area contributed by atoms with Gasteiger partial charge in [-0.05, 0) is 35.4 Å². The van der Waals surface area contributed by atoms with Crippen LogP contribution < -0.4 is 0 Å². The van der Waals surface area contributed by atoms with E-state index in [1.165, 1.54) is 6.42 Å². The van der Waals surface area contributed by atoms with Gasteiger partial charge in [0.2, 0.25) is 0 Å². The van der Waals surface area contributed by atoms with Crippen molar-refractivity contribution in [3.8, 4) is 0 Å². The maximum atomic E-state index is 12.3. The fraction of sp³-hybridized carbons (Fsp3) is 0.680. The molecule has 0 aliphatic carbocycles. The second-order valence-corrected chi connectivity index (χ2v) is 10.0. The van der Waals surface area contributed by atoms with Gasteiger partial charge < -0.3 is 14.6 Å². The minimum atomic E-state index is -0.825. The molecule has 5 heteroatoms. The fourth-order valence-corrected chi connectivity index (χ4v) is 2.89. The van der Waals surface area contributed by atoms with Gasteiger partial charge in [0, 0.05) is 6.42 Å². The first-order chi connectivity index (χ1) is 14.0. The Balaban J connectivity index is 2.43. The summed E-state index contributed by atoms with van der Waals surface area (Å²) in [5.41, 5.74) is 0.780. The standard InChI is InChI=1S/C25H40O5/c1-19(2)10-8-7-9-11-22(27)29-17-25(6,16-26)18-30-23(28)20-12-14-21(15-13-20)24(3,4)5/h12-15,19,26H,7-11,16-18H2,1-6H3. The third kappa shape index (κ3) is 9.75. The van der Waals surface area contributed by atoms with E-state index in [1.807, 2.05) is 12.1 Å². The molecular weight excluding hydrogens is 380 g/mol. The van der Waals surface area contributed by atoms with Crippen molar-refractivity contribution in [2.45, 2.75) is 79.1 Å². The Kier molecular flexibility index (Phi) is 10.5. The normalized spacial score (nSPS) is 13.7. The summed E-state index contributed by atoms with van der Waals surface area (Å²) in [4.78, 5) is 24.3. The molecule has 0 amide bonds. The van der Waals surface area contributed by atoms with Gasteiger partial charge in [-0.15, -0.1) is 0 Å². The molecule has 0 spiro atoms. The Hall–Kier alpha value is -1.88. The van der Waals surface area contributed by atoms with Gasteiger partial charge in [0.15, 0.2) is 0 Å². The fourth-order valence-electron chi connectivity index (χ4n) is 2.89. The van der Waals surface area contributed by atoms with E-state index in [2.05, 4.69) is 34.6 Å². The molecule has 0 bridgehead atoms. The third-order valence-electron chi connectivity index (χ3n) is 5.16. The van der Waals surface area contributed by atoms with Gasteiger partial charge in [-0.1, -0.05) is 72.9 Å². The van der Waals surface area contributed by atoms with Crippen LogP contribution in [-0.2, 0) is 19.7 Å². The molecule has 0 heterocycles. The SMILES string of the molecule is CC(C)CCCCCC(=O)OCC(C)(CO)COC(=O)c1ccc(C(C)(C)C)cc1. The number of hydrogen-bond acceptors (Lipinski definition) is 5. The Labute approximate surface area is 182 Å². The van der Waals surface area contributed by atoms with Crippen LogP contribution in [0.4, 0.5) is 0 Å². The summed E-state index contributed by atoms with van der Waals surface area (Å²) in [5.74, 6) is -0.0451. The van der Waals surface area contributed by atoms with E-state index in [1.54, 1.807) is 19.1 Å². The molecule has 1 rings (SSSR count). The number of ether oxygens (including phenoxy) is 2. The zero-order valence-electron chi connectivity index (χ0n) is 19.6. The zero-order chi connectivity index (χ0) is 22.8. The van der Waals surface area contributed by atoms with Crippen molar-refractivity contribution in [1.82, 2.24) is 0 Å². The molecule has 30 heavy (non-hydrogen) atoms. The van der Waals surface area contributed by atoms with Crippen molar-refractivity contribution < 1.29 is 24.2 Å². The average Bonchev–Trinajstić information content (AvgIpc) is 2.69. The topological polar surface area (TPSA) is 72.8 Å². The highest BCUT2D eigenvalue weighted by molar-refractivity contribution is 5.89. The zero-order valence-corrected chi connectivity index (χ0v) is 19.6. The van der Waals surface area contributed by atoms with Crippen molar-refractivity contribution >= 4 is 11.9 Å². The van der Waals surface area contributed by atoms with Crippen LogP contribution in [0.1, 0.15) is 89.6 Å². The van der Waals surface area contributed by atoms with Gasteiger partial charge in [0.05, 0.1) is 17.6 Å². The molecule has 0 aliphatic rings. The van der Waals surface area contributed by atoms with Crippen molar-refractivity contribution in [3.05, 3.63) is 35.4 Å². The van der Waals surface area contributed by atoms with E-state index in [9.17, 15) is 14.7 Å². The lowest BCUT2D eigenvalue weighted by Crippen LogP contribution is -2.35. The Bertz CT molecular complexity index is 657. The molecule has 0 saturated heterocycles. The molecule has 0 fully saturated rings. The smallest absolute Gasteiger partial charge is 0.338 e. The summed E-state index contributed by atoms with van der Waals surface area (Å²) in [6, 6.07) is 7.34. The predicted octanol–water partition coefficient (Wildman–Crippen LogP) is 5.29. The molecule has 5 nitrogen and oxygen atoms in total. The Morgan fingerprint density at radius 3 is 2.07 bits per heavy atom. The highest BCUT2D eigenvalue weighted by Crippen LogP contribution is 2.23. The van der Waals surface area contributed by atoms with E-state index >= 15 is 0 Å². The minimum absolute atomic E-state index is 0.0101. The molecular formula is C25H40O5. The number of aliphatic hydroxyl groups is 1. The third-order valence-corrected chi connectivity index (χ3v) is 5.16. The van der Waals surface area contributed by atoms with Crippen molar-refractivity contribution in [2.75, 3.05) is 19.8 Å². The summed E-state index contributed by atoms with van der Waals surface area (Å²) in [7, 11) is 0. The molecule has 0 aromatic heterocycles. The van der Waals surface area contributed by atoms with E-state index in [4.69, 9.17) is 9.47 Å². The Morgan fingerprint density at radius 2 is 1.53 bits per heavy atom. The van der Waals surface area contributed by atoms with Gasteiger partial charge in [0.1, 0.15) is 13.2 Å². The van der Waals surface area contributed by atoms with Crippen molar-refractivity contribution in [2.24, 2.45) is 11.3 Å². The summed E-state index contributed by atoms with van der Waals surface area (Å²) < 4.78 is 10.7. The van der Waals surface area contributed by atoms with Crippen LogP contribution in [-0.4, -0.2) is 36.9 Å². The van der Waals surface area contributed by atoms with E-state index in [0.29, 0.717) is 17.9 Å². The maximum Gasteiger partial charge on any atom is 0.338 e. The number of aliphatic hydroxyl groups excluding tert-OH is 1. The van der Waals surface area contributed by atoms with Gasteiger partial charge >= 0.3 is 11.9 Å². The number of benzene rings is 1. The summed E-state index contributed by atoms with van der Waals surface area (Å²) in [5, 5.41) is 9.72. The number of carbonyl (C=O) groups is 2. The van der Waals surface area contributed by atoms with Crippen molar-refractivity contribution in [3.63, 3.8) is 0 Å². The number of unbranched alkanes of at least 4 members (excludes halogenated alkanes) is 2. The first kappa shape index (κ1) is 26.2. The van der Waals surface area contributed by atoms with Crippen LogP contribution in [0.3, 0.4) is 0 Å². The molecule has 1 atom stereocenters. The summed E-state index contributed by atoms with van der Waals surface area (Å²) in [6.07, 6.45) is 4.48. The van der Waals surface area contributed by atoms with Crippen LogP contribution in [0.5, 0.6) is 0 Å². The lowest BCUT2D eigenvalue weighted by Gasteiger charge is -2.26. The van der Waals surface area contributed by atoms with Crippen LogP contribution in [0.25, 0.3) is 0 Å². The first-order valence-corrected chi connectivity index (χ1v) is 11.0. The number of rotatable bonds is 12. The molecule has 1 aromatic carbocycles. The van der Waals surface area contributed by atoms with E-state index in [-0.39, 0.29) is 31.2 Å². The van der Waals surface area contributed by atoms with Gasteiger partial charge in [-0.2, -0.15) is 0 Å². The van der Waals surface area contributed by atoms with Crippen LogP contribution >= 0.6 is 0 Å². The highest BCUT2D eigenvalue weighted by atomic mass is 16.5. The van der Waals surface area contributed by atoms with E-state index < -0.39 is 11.4 Å². The molecule has 170 valence electrons. The molecule has 1 unspecified atom stereocenters. The number of carbonyl (C=O) groups excluding carboxylic acids is 2. The second kappa shape index (κ2) is 12.1. The lowest BCUT2D eigenvalue weighted by molar-refractivity contribution is -0.149. The van der Waals surface area contributed by atoms with E-state index in [0.717, 1.165) is 24.8 Å². The molecule has 0 aliphatic heterocycles. The minimum Gasteiger partial charge on any atom is -0.465 e. The van der Waals surface area contributed by atoms with Gasteiger partial charge in [-0.25, -0.2) is 4.79 Å². The predicted molar refractivity (Wildman–Crippen MR) is 119 cm³/mol. The lowest BCUT2D eigenvalue weighted by atomic mass is 9.87. The number of esters is 2. The summed E-state index contributed by atoms with van der Waals surface area (Å²) in [6.45, 7) is 12.2. The largest absolute Gasteiger partial charge is 0.465 e. The highest BCUT2D eigenvalue weighted by Gasteiger charge is 2.28. The quantitative estimate of drug-likeness (QED) is 0.367. The van der Waals surface area contributed by atoms with Crippen LogP contribution in [0.15, 0.2) is 24.3 Å². The molecule has 0 radical (unpaired) electrons. The van der Waals surface area contributed by atoms with Crippen LogP contribution in [0, 0.1) is 11.3 Å². The molecule has 1 N–H and O–H groups in total. The van der Waals surface area contributed by atoms with Crippen molar-refractivity contribution in [1.29, 1.82) is 0 Å². The average molecular weight is 421 g/mol. The molecule has 1 aromatic rings. The van der Waals surface area contributed by atoms with Gasteiger partial charge in [0.25, 0.3) is 0 Å². The van der Waals surface area contributed by atoms with Gasteiger partial charge in [-0.3, -0.25) is 4.79 Å². The maximum absolute atomic E-state index is 12.3. The summed E-state index contributed by atoms with van der Waals surface area (Å²) >= 11 is 0. The first-order valence-electron chi connectivity index (χ1n) is 11.0. The molecule has 0 saturated carbocycles. The Morgan fingerprint density at radius 1 is 0.933 bits per heavy atom. The second-order valence-electron chi connectivity index (χ2n) is 10.0. The monoisotopic (exact) mass is 420 g/mol.